The summed E-state index contributed by atoms with van der Waals surface area (Å²) in [7, 11) is 0. The number of nitrogens with zero attached hydrogens (tertiary/aromatic N) is 1. The second-order valence-electron chi connectivity index (χ2n) is 5.00. The number of aromatic amines is 1. The predicted molar refractivity (Wildman–Crippen MR) is 68.7 cm³/mol. The number of halogens is 3. The summed E-state index contributed by atoms with van der Waals surface area (Å²) in [5, 5.41) is 5.14. The first kappa shape index (κ1) is 15.5. The van der Waals surface area contributed by atoms with Gasteiger partial charge in [0.2, 0.25) is 0 Å². The van der Waals surface area contributed by atoms with E-state index in [0.717, 1.165) is 25.5 Å². The Morgan fingerprint density at radius 3 is 2.76 bits per heavy atom. The number of alkyl halides is 3. The van der Waals surface area contributed by atoms with Crippen molar-refractivity contribution in [3.63, 3.8) is 0 Å². The van der Waals surface area contributed by atoms with Crippen LogP contribution in [-0.4, -0.2) is 21.8 Å². The zero-order valence-electron chi connectivity index (χ0n) is 11.3. The summed E-state index contributed by atoms with van der Waals surface area (Å²) >= 11 is 0. The molecule has 7 heteroatoms. The molecule has 2 rings (SSSR count). The average Bonchev–Trinajstić information content (AvgIpc) is 2.87. The van der Waals surface area contributed by atoms with Gasteiger partial charge in [-0.3, -0.25) is 14.7 Å². The number of aromatic nitrogens is 2. The number of allylic oxidation sites excluding steroid dienone is 2. The van der Waals surface area contributed by atoms with Crippen LogP contribution in [0.1, 0.15) is 54.6 Å². The smallest absolute Gasteiger partial charge is 0.295 e. The summed E-state index contributed by atoms with van der Waals surface area (Å²) in [5.74, 6) is -0.892. The van der Waals surface area contributed by atoms with E-state index in [1.807, 2.05) is 0 Å². The molecule has 0 unspecified atom stereocenters. The quantitative estimate of drug-likeness (QED) is 0.869. The molecule has 0 saturated carbocycles. The van der Waals surface area contributed by atoms with Crippen LogP contribution >= 0.6 is 0 Å². The lowest BCUT2D eigenvalue weighted by molar-refractivity contribution is -0.141. The summed E-state index contributed by atoms with van der Waals surface area (Å²) in [4.78, 5) is 23.9. The van der Waals surface area contributed by atoms with Crippen molar-refractivity contribution in [2.75, 3.05) is 0 Å². The number of carbonyl (C=O) groups excluding carboxylic acids is 2. The van der Waals surface area contributed by atoms with Crippen molar-refractivity contribution in [1.29, 1.82) is 0 Å². The molecule has 4 nitrogen and oxygen atoms in total. The molecule has 1 aliphatic carbocycles. The molecule has 0 radical (unpaired) electrons. The fraction of sp³-hybridized carbons (Fsp3) is 0.500. The molecule has 0 bridgehead atoms. The van der Waals surface area contributed by atoms with E-state index in [1.54, 1.807) is 6.08 Å². The molecule has 0 fully saturated rings. The summed E-state index contributed by atoms with van der Waals surface area (Å²) in [6.07, 6.45) is 1.25. The number of H-pyrrole nitrogens is 1. The van der Waals surface area contributed by atoms with E-state index >= 15 is 0 Å². The first-order chi connectivity index (χ1) is 9.89. The summed E-state index contributed by atoms with van der Waals surface area (Å²) in [6, 6.07) is 0. The number of rotatable bonds is 3. The van der Waals surface area contributed by atoms with Crippen molar-refractivity contribution in [1.82, 2.24) is 10.2 Å². The number of carbonyl (C=O) groups is 2. The maximum absolute atomic E-state index is 12.7. The molecule has 0 atom stereocenters. The molecule has 0 amide bonds. The van der Waals surface area contributed by atoms with E-state index in [9.17, 15) is 22.8 Å². The molecule has 114 valence electrons. The molecule has 0 aliphatic heterocycles. The van der Waals surface area contributed by atoms with Crippen LogP contribution in [0.15, 0.2) is 17.8 Å². The monoisotopic (exact) mass is 300 g/mol. The van der Waals surface area contributed by atoms with E-state index in [0.29, 0.717) is 18.4 Å². The number of Topliss-reactive ketones (excluding diaryl/α,β-unsaturated/α-hetero) is 2. The Hall–Kier alpha value is -1.92. The minimum Gasteiger partial charge on any atom is -0.295 e. The Morgan fingerprint density at radius 2 is 2.05 bits per heavy atom. The highest BCUT2D eigenvalue weighted by Crippen LogP contribution is 2.31. The van der Waals surface area contributed by atoms with Crippen LogP contribution < -0.4 is 0 Å². The van der Waals surface area contributed by atoms with E-state index in [1.165, 1.54) is 0 Å². The standard InChI is InChI=1S/C14H15F3N2O2/c15-14(16,17)13-10(8-18-19-13)12(21)7-9-5-3-1-2-4-6-11(9)20/h5,8H,1-4,6-7H2,(H,18,19). The maximum Gasteiger partial charge on any atom is 0.435 e. The first-order valence-corrected chi connectivity index (χ1v) is 6.76. The molecular weight excluding hydrogens is 285 g/mol. The minimum atomic E-state index is -4.69. The Labute approximate surface area is 119 Å². The van der Waals surface area contributed by atoms with Crippen LogP contribution in [0.25, 0.3) is 0 Å². The van der Waals surface area contributed by atoms with Crippen LogP contribution in [0.3, 0.4) is 0 Å². The van der Waals surface area contributed by atoms with Crippen molar-refractivity contribution in [2.45, 2.75) is 44.7 Å². The molecule has 1 aromatic rings. The van der Waals surface area contributed by atoms with Gasteiger partial charge in [0.15, 0.2) is 17.3 Å². The van der Waals surface area contributed by atoms with Gasteiger partial charge in [-0.15, -0.1) is 0 Å². The molecule has 0 spiro atoms. The maximum atomic E-state index is 12.7. The second-order valence-corrected chi connectivity index (χ2v) is 5.00. The molecular formula is C14H15F3N2O2. The predicted octanol–water partition coefficient (Wildman–Crippen LogP) is 3.46. The van der Waals surface area contributed by atoms with Crippen molar-refractivity contribution >= 4 is 11.6 Å². The van der Waals surface area contributed by atoms with E-state index < -0.39 is 23.2 Å². The third kappa shape index (κ3) is 3.80. The minimum absolute atomic E-state index is 0.153. The molecule has 0 saturated heterocycles. The largest absolute Gasteiger partial charge is 0.435 e. The van der Waals surface area contributed by atoms with Crippen molar-refractivity contribution < 1.29 is 22.8 Å². The van der Waals surface area contributed by atoms with Gasteiger partial charge in [0, 0.05) is 19.0 Å². The van der Waals surface area contributed by atoms with Gasteiger partial charge in [0.25, 0.3) is 0 Å². The lowest BCUT2D eigenvalue weighted by atomic mass is 9.93. The third-order valence-electron chi connectivity index (χ3n) is 3.42. The molecule has 1 N–H and O–H groups in total. The first-order valence-electron chi connectivity index (χ1n) is 6.76. The highest BCUT2D eigenvalue weighted by molar-refractivity contribution is 6.06. The molecule has 0 aromatic carbocycles. The van der Waals surface area contributed by atoms with Crippen LogP contribution in [0.4, 0.5) is 13.2 Å². The van der Waals surface area contributed by atoms with Crippen molar-refractivity contribution in [2.24, 2.45) is 0 Å². The zero-order valence-corrected chi connectivity index (χ0v) is 11.3. The van der Waals surface area contributed by atoms with Gasteiger partial charge in [-0.25, -0.2) is 0 Å². The Balaban J connectivity index is 2.18. The van der Waals surface area contributed by atoms with Gasteiger partial charge in [-0.2, -0.15) is 18.3 Å². The zero-order chi connectivity index (χ0) is 15.5. The molecule has 1 heterocycles. The number of hydrogen-bond donors (Lipinski definition) is 1. The summed E-state index contributed by atoms with van der Waals surface area (Å²) in [5.41, 5.74) is -1.43. The van der Waals surface area contributed by atoms with Gasteiger partial charge in [0.1, 0.15) is 0 Å². The fourth-order valence-electron chi connectivity index (χ4n) is 2.31. The summed E-state index contributed by atoms with van der Waals surface area (Å²) < 4.78 is 38.1. The van der Waals surface area contributed by atoms with Crippen LogP contribution in [-0.2, 0) is 11.0 Å². The Morgan fingerprint density at radius 1 is 1.29 bits per heavy atom. The molecule has 1 aliphatic rings. The van der Waals surface area contributed by atoms with Crippen LogP contribution in [0, 0.1) is 0 Å². The number of ketones is 2. The Bertz CT molecular complexity index is 573. The second kappa shape index (κ2) is 6.24. The van der Waals surface area contributed by atoms with Crippen molar-refractivity contribution in [3.8, 4) is 0 Å². The lowest BCUT2D eigenvalue weighted by Crippen LogP contribution is -2.15. The highest BCUT2D eigenvalue weighted by Gasteiger charge is 2.38. The van der Waals surface area contributed by atoms with Gasteiger partial charge >= 0.3 is 6.18 Å². The fourth-order valence-corrected chi connectivity index (χ4v) is 2.31. The van der Waals surface area contributed by atoms with Gasteiger partial charge in [-0.05, 0) is 24.8 Å². The topological polar surface area (TPSA) is 62.8 Å². The van der Waals surface area contributed by atoms with Crippen molar-refractivity contribution in [3.05, 3.63) is 29.1 Å². The van der Waals surface area contributed by atoms with E-state index in [-0.39, 0.29) is 12.2 Å². The van der Waals surface area contributed by atoms with Crippen LogP contribution in [0.2, 0.25) is 0 Å². The highest BCUT2D eigenvalue weighted by atomic mass is 19.4. The molecule has 1 aromatic heterocycles. The number of hydrogen-bond acceptors (Lipinski definition) is 3. The normalized spacial score (nSPS) is 17.1. The van der Waals surface area contributed by atoms with Gasteiger partial charge in [-0.1, -0.05) is 12.5 Å². The molecule has 21 heavy (non-hydrogen) atoms. The van der Waals surface area contributed by atoms with E-state index in [2.05, 4.69) is 10.2 Å². The Kier molecular flexibility index (Phi) is 4.59. The summed E-state index contributed by atoms with van der Waals surface area (Å²) in [6.45, 7) is 0. The average molecular weight is 300 g/mol. The lowest BCUT2D eigenvalue weighted by Gasteiger charge is -2.10. The van der Waals surface area contributed by atoms with E-state index in [4.69, 9.17) is 0 Å². The third-order valence-corrected chi connectivity index (χ3v) is 3.42. The SMILES string of the molecule is O=C1CCCCCC=C1CC(=O)c1c[nH]nc1C(F)(F)F. The van der Waals surface area contributed by atoms with Gasteiger partial charge in [0.05, 0.1) is 5.56 Å². The van der Waals surface area contributed by atoms with Crippen LogP contribution in [0.5, 0.6) is 0 Å². The number of nitrogens with one attached hydrogen (secondary N) is 1. The van der Waals surface area contributed by atoms with Gasteiger partial charge < -0.3 is 0 Å².